The van der Waals surface area contributed by atoms with Crippen molar-refractivity contribution in [2.75, 3.05) is 5.32 Å². The van der Waals surface area contributed by atoms with Crippen molar-refractivity contribution in [3.05, 3.63) is 57.5 Å². The molecule has 2 aromatic carbocycles. The van der Waals surface area contributed by atoms with E-state index in [1.165, 1.54) is 0 Å². The molecule has 0 aliphatic rings. The summed E-state index contributed by atoms with van der Waals surface area (Å²) in [6, 6.07) is 14.8. The molecule has 0 atom stereocenters. The van der Waals surface area contributed by atoms with E-state index in [-0.39, 0.29) is 5.91 Å². The lowest BCUT2D eigenvalue weighted by molar-refractivity contribution is -0.128. The summed E-state index contributed by atoms with van der Waals surface area (Å²) in [5.41, 5.74) is -0.239. The second kappa shape index (κ2) is 6.62. The molecule has 2 aromatic rings. The van der Waals surface area contributed by atoms with E-state index in [0.29, 0.717) is 5.75 Å². The maximum Gasteiger partial charge on any atom is 0.267 e. The van der Waals surface area contributed by atoms with Gasteiger partial charge in [0.05, 0.1) is 0 Å². The van der Waals surface area contributed by atoms with Gasteiger partial charge in [0.15, 0.2) is 5.60 Å². The van der Waals surface area contributed by atoms with Crippen molar-refractivity contribution in [3.63, 3.8) is 0 Å². The molecule has 0 aliphatic carbocycles. The lowest BCUT2D eigenvalue weighted by atomic mass is 10.1. The smallest absolute Gasteiger partial charge is 0.267 e. The number of hydrogen-bond acceptors (Lipinski definition) is 2. The van der Waals surface area contributed by atoms with E-state index < -0.39 is 5.60 Å². The van der Waals surface area contributed by atoms with Crippen LogP contribution in [0.4, 0.5) is 5.69 Å². The van der Waals surface area contributed by atoms with Crippen LogP contribution in [0.3, 0.4) is 0 Å². The third-order valence-electron chi connectivity index (χ3n) is 2.84. The fourth-order valence-electron chi connectivity index (χ4n) is 1.66. The predicted molar refractivity (Wildman–Crippen MR) is 91.6 cm³/mol. The van der Waals surface area contributed by atoms with Crippen LogP contribution in [0.5, 0.6) is 5.75 Å². The molecule has 5 heteroatoms. The number of ether oxygens (including phenoxy) is 1. The van der Waals surface area contributed by atoms with Gasteiger partial charge in [-0.25, -0.2) is 0 Å². The first-order valence-corrected chi connectivity index (χ1v) is 7.97. The van der Waals surface area contributed by atoms with Gasteiger partial charge in [0.2, 0.25) is 0 Å². The fourth-order valence-corrected chi connectivity index (χ4v) is 2.19. The number of anilines is 1. The molecule has 2 rings (SSSR count). The Bertz CT molecular complexity index is 622. The first-order valence-electron chi connectivity index (χ1n) is 6.38. The minimum Gasteiger partial charge on any atom is -0.478 e. The summed E-state index contributed by atoms with van der Waals surface area (Å²) in [5, 5.41) is 2.85. The van der Waals surface area contributed by atoms with Gasteiger partial charge in [-0.2, -0.15) is 0 Å². The average Bonchev–Trinajstić information content (AvgIpc) is 2.43. The minimum absolute atomic E-state index is 0.201. The Balaban J connectivity index is 2.05. The monoisotopic (exact) mass is 411 g/mol. The highest BCUT2D eigenvalue weighted by Crippen LogP contribution is 2.22. The fraction of sp³-hybridized carbons (Fsp3) is 0.188. The van der Waals surface area contributed by atoms with Gasteiger partial charge in [-0.1, -0.05) is 31.9 Å². The van der Waals surface area contributed by atoms with Crippen molar-refractivity contribution in [3.8, 4) is 5.75 Å². The van der Waals surface area contributed by atoms with E-state index in [4.69, 9.17) is 4.74 Å². The number of amides is 1. The third-order valence-corrected chi connectivity index (χ3v) is 3.89. The zero-order valence-electron chi connectivity index (χ0n) is 11.7. The van der Waals surface area contributed by atoms with Crippen molar-refractivity contribution in [1.82, 2.24) is 0 Å². The molecular weight excluding hydrogens is 398 g/mol. The van der Waals surface area contributed by atoms with Crippen LogP contribution in [0.1, 0.15) is 13.8 Å². The Kier molecular flexibility index (Phi) is 5.06. The largest absolute Gasteiger partial charge is 0.478 e. The number of hydrogen-bond donors (Lipinski definition) is 1. The predicted octanol–water partition coefficient (Wildman–Crippen LogP) is 5.01. The number of rotatable bonds is 4. The van der Waals surface area contributed by atoms with E-state index in [9.17, 15) is 4.79 Å². The highest BCUT2D eigenvalue weighted by molar-refractivity contribution is 9.10. The first kappa shape index (κ1) is 16.0. The summed E-state index contributed by atoms with van der Waals surface area (Å²) < 4.78 is 7.70. The Labute approximate surface area is 141 Å². The van der Waals surface area contributed by atoms with Crippen LogP contribution in [0.25, 0.3) is 0 Å². The summed E-state index contributed by atoms with van der Waals surface area (Å²) >= 11 is 6.73. The normalized spacial score (nSPS) is 11.0. The Morgan fingerprint density at radius 1 is 0.952 bits per heavy atom. The first-order chi connectivity index (χ1) is 9.87. The highest BCUT2D eigenvalue weighted by Gasteiger charge is 2.30. The van der Waals surface area contributed by atoms with E-state index in [1.54, 1.807) is 13.8 Å². The third kappa shape index (κ3) is 4.58. The Hall–Kier alpha value is -1.33. The van der Waals surface area contributed by atoms with Crippen LogP contribution < -0.4 is 10.1 Å². The van der Waals surface area contributed by atoms with Gasteiger partial charge in [0, 0.05) is 14.6 Å². The molecular formula is C16H15Br2NO2. The van der Waals surface area contributed by atoms with E-state index in [1.807, 2.05) is 48.5 Å². The van der Waals surface area contributed by atoms with Crippen LogP contribution in [0.2, 0.25) is 0 Å². The highest BCUT2D eigenvalue weighted by atomic mass is 79.9. The second-order valence-electron chi connectivity index (χ2n) is 5.03. The zero-order chi connectivity index (χ0) is 15.5. The maximum atomic E-state index is 12.3. The van der Waals surface area contributed by atoms with Gasteiger partial charge in [-0.15, -0.1) is 0 Å². The minimum atomic E-state index is -0.971. The summed E-state index contributed by atoms with van der Waals surface area (Å²) in [6.07, 6.45) is 0. The average molecular weight is 413 g/mol. The molecule has 0 radical (unpaired) electrons. The van der Waals surface area contributed by atoms with Crippen LogP contribution in [0.15, 0.2) is 57.5 Å². The molecule has 21 heavy (non-hydrogen) atoms. The van der Waals surface area contributed by atoms with Gasteiger partial charge in [-0.3, -0.25) is 4.79 Å². The summed E-state index contributed by atoms with van der Waals surface area (Å²) in [4.78, 5) is 12.3. The van der Waals surface area contributed by atoms with Gasteiger partial charge >= 0.3 is 0 Å². The standard InChI is InChI=1S/C16H15Br2NO2/c1-16(2,21-14-9-5-12(18)6-10-14)15(20)19-13-7-3-11(17)4-8-13/h3-10H,1-2H3,(H,19,20). The topological polar surface area (TPSA) is 38.3 Å². The molecule has 0 saturated carbocycles. The maximum absolute atomic E-state index is 12.3. The van der Waals surface area contributed by atoms with Crippen molar-refractivity contribution in [1.29, 1.82) is 0 Å². The van der Waals surface area contributed by atoms with Crippen LogP contribution in [-0.4, -0.2) is 11.5 Å². The van der Waals surface area contributed by atoms with E-state index in [2.05, 4.69) is 37.2 Å². The SMILES string of the molecule is CC(C)(Oc1ccc(Br)cc1)C(=O)Nc1ccc(Br)cc1. The summed E-state index contributed by atoms with van der Waals surface area (Å²) in [6.45, 7) is 3.48. The molecule has 0 spiro atoms. The molecule has 1 N–H and O–H groups in total. The van der Waals surface area contributed by atoms with Gasteiger partial charge < -0.3 is 10.1 Å². The Morgan fingerprint density at radius 2 is 1.43 bits per heavy atom. The van der Waals surface area contributed by atoms with Gasteiger partial charge in [-0.05, 0) is 62.4 Å². The van der Waals surface area contributed by atoms with E-state index >= 15 is 0 Å². The molecule has 0 saturated heterocycles. The number of nitrogens with one attached hydrogen (secondary N) is 1. The molecule has 0 bridgehead atoms. The number of carbonyl (C=O) groups excluding carboxylic acids is 1. The van der Waals surface area contributed by atoms with Crippen molar-refractivity contribution >= 4 is 43.5 Å². The number of halogens is 2. The summed E-state index contributed by atoms with van der Waals surface area (Å²) in [7, 11) is 0. The number of carbonyl (C=O) groups is 1. The molecule has 1 amide bonds. The van der Waals surface area contributed by atoms with Crippen LogP contribution in [-0.2, 0) is 4.79 Å². The van der Waals surface area contributed by atoms with Crippen LogP contribution in [0, 0.1) is 0 Å². The molecule has 0 aromatic heterocycles. The lowest BCUT2D eigenvalue weighted by Gasteiger charge is -2.25. The second-order valence-corrected chi connectivity index (χ2v) is 6.86. The molecule has 0 aliphatic heterocycles. The molecule has 3 nitrogen and oxygen atoms in total. The Morgan fingerprint density at radius 3 is 1.95 bits per heavy atom. The van der Waals surface area contributed by atoms with E-state index in [0.717, 1.165) is 14.6 Å². The van der Waals surface area contributed by atoms with Gasteiger partial charge in [0.25, 0.3) is 5.91 Å². The molecule has 110 valence electrons. The van der Waals surface area contributed by atoms with Crippen LogP contribution >= 0.6 is 31.9 Å². The quantitative estimate of drug-likeness (QED) is 0.766. The zero-order valence-corrected chi connectivity index (χ0v) is 14.9. The molecule has 0 unspecified atom stereocenters. The van der Waals surface area contributed by atoms with Crippen molar-refractivity contribution in [2.45, 2.75) is 19.4 Å². The lowest BCUT2D eigenvalue weighted by Crippen LogP contribution is -2.42. The van der Waals surface area contributed by atoms with Crippen molar-refractivity contribution in [2.24, 2.45) is 0 Å². The van der Waals surface area contributed by atoms with Gasteiger partial charge in [0.1, 0.15) is 5.75 Å². The number of benzene rings is 2. The molecule has 0 fully saturated rings. The molecule has 0 heterocycles. The summed E-state index contributed by atoms with van der Waals surface area (Å²) in [5.74, 6) is 0.446. The van der Waals surface area contributed by atoms with Crippen molar-refractivity contribution < 1.29 is 9.53 Å².